The summed E-state index contributed by atoms with van der Waals surface area (Å²) in [5.41, 5.74) is 0. The van der Waals surface area contributed by atoms with E-state index in [1.54, 1.807) is 6.20 Å². The molecule has 2 bridgehead atoms. The minimum absolute atomic E-state index is 0.454. The topological polar surface area (TPSA) is 49.9 Å². The highest BCUT2D eigenvalue weighted by molar-refractivity contribution is 4.95. The minimum Gasteiger partial charge on any atom is -0.373 e. The molecule has 0 aromatic carbocycles. The number of H-pyrrole nitrogens is 1. The van der Waals surface area contributed by atoms with Gasteiger partial charge in [0.2, 0.25) is 0 Å². The van der Waals surface area contributed by atoms with Gasteiger partial charge in [-0.2, -0.15) is 0 Å². The van der Waals surface area contributed by atoms with Crippen molar-refractivity contribution >= 4 is 0 Å². The van der Waals surface area contributed by atoms with Crippen molar-refractivity contribution < 1.29 is 4.74 Å². The van der Waals surface area contributed by atoms with E-state index in [1.165, 1.54) is 19.3 Å². The molecule has 14 heavy (non-hydrogen) atoms. The standard InChI is InChI=1S/C10H15N3O/c1-2-9-8(5-7(1)14-9)13-6-10-11-3-4-12-10/h3-4,7-9,13H,1-2,5-6H2,(H,11,12). The van der Waals surface area contributed by atoms with E-state index in [0.717, 1.165) is 12.4 Å². The average Bonchev–Trinajstić information content (AvgIpc) is 2.91. The SMILES string of the molecule is c1c[nH]c(CNC2CC3CCC2O3)n1. The molecule has 3 atom stereocenters. The molecule has 3 rings (SSSR count). The number of nitrogens with zero attached hydrogens (tertiary/aromatic N) is 1. The van der Waals surface area contributed by atoms with Crippen molar-refractivity contribution in [2.75, 3.05) is 0 Å². The molecule has 4 heteroatoms. The Labute approximate surface area is 83.1 Å². The summed E-state index contributed by atoms with van der Waals surface area (Å²) in [4.78, 5) is 7.27. The Kier molecular flexibility index (Phi) is 2.03. The van der Waals surface area contributed by atoms with Gasteiger partial charge in [-0.05, 0) is 19.3 Å². The highest BCUT2D eigenvalue weighted by Gasteiger charge is 2.40. The number of ether oxygens (including phenoxy) is 1. The summed E-state index contributed by atoms with van der Waals surface area (Å²) in [7, 11) is 0. The van der Waals surface area contributed by atoms with E-state index in [9.17, 15) is 0 Å². The predicted octanol–water partition coefficient (Wildman–Crippen LogP) is 0.819. The number of nitrogens with one attached hydrogen (secondary N) is 2. The molecule has 1 aromatic heterocycles. The van der Waals surface area contributed by atoms with Crippen LogP contribution in [0.15, 0.2) is 12.4 Å². The zero-order valence-corrected chi connectivity index (χ0v) is 8.07. The van der Waals surface area contributed by atoms with Crippen molar-refractivity contribution in [2.45, 2.75) is 44.1 Å². The summed E-state index contributed by atoms with van der Waals surface area (Å²) in [5, 5.41) is 3.50. The zero-order chi connectivity index (χ0) is 9.38. The molecule has 2 fully saturated rings. The Bertz CT molecular complexity index is 298. The van der Waals surface area contributed by atoms with Gasteiger partial charge in [-0.15, -0.1) is 0 Å². The second-order valence-corrected chi connectivity index (χ2v) is 4.13. The molecule has 2 saturated heterocycles. The first-order valence-corrected chi connectivity index (χ1v) is 5.29. The van der Waals surface area contributed by atoms with Crippen LogP contribution in [0.4, 0.5) is 0 Å². The van der Waals surface area contributed by atoms with Crippen LogP contribution in [0.2, 0.25) is 0 Å². The number of aromatic amines is 1. The predicted molar refractivity (Wildman–Crippen MR) is 51.7 cm³/mol. The number of hydrogen-bond acceptors (Lipinski definition) is 3. The maximum atomic E-state index is 5.76. The van der Waals surface area contributed by atoms with Gasteiger partial charge in [-0.1, -0.05) is 0 Å². The van der Waals surface area contributed by atoms with Crippen molar-refractivity contribution in [1.29, 1.82) is 0 Å². The van der Waals surface area contributed by atoms with Crippen molar-refractivity contribution in [3.8, 4) is 0 Å². The molecular formula is C10H15N3O. The Morgan fingerprint density at radius 1 is 1.57 bits per heavy atom. The summed E-state index contributed by atoms with van der Waals surface area (Å²) in [6.07, 6.45) is 8.27. The third kappa shape index (κ3) is 1.44. The van der Waals surface area contributed by atoms with Gasteiger partial charge in [0.25, 0.3) is 0 Å². The van der Waals surface area contributed by atoms with E-state index >= 15 is 0 Å². The highest BCUT2D eigenvalue weighted by atomic mass is 16.5. The van der Waals surface area contributed by atoms with Gasteiger partial charge in [0, 0.05) is 18.4 Å². The first-order valence-electron chi connectivity index (χ1n) is 5.29. The van der Waals surface area contributed by atoms with Gasteiger partial charge >= 0.3 is 0 Å². The quantitative estimate of drug-likeness (QED) is 0.747. The third-order valence-electron chi connectivity index (χ3n) is 3.19. The molecular weight excluding hydrogens is 178 g/mol. The van der Waals surface area contributed by atoms with Gasteiger partial charge in [-0.25, -0.2) is 4.98 Å². The zero-order valence-electron chi connectivity index (χ0n) is 8.07. The van der Waals surface area contributed by atoms with Crippen LogP contribution in [0.3, 0.4) is 0 Å². The number of imidazole rings is 1. The van der Waals surface area contributed by atoms with Crippen LogP contribution in [0.1, 0.15) is 25.1 Å². The summed E-state index contributed by atoms with van der Waals surface area (Å²) in [6, 6.07) is 0.541. The fourth-order valence-electron chi connectivity index (χ4n) is 2.48. The lowest BCUT2D eigenvalue weighted by atomic mass is 9.95. The maximum absolute atomic E-state index is 5.76. The number of fused-ring (bicyclic) bond motifs is 2. The largest absolute Gasteiger partial charge is 0.373 e. The van der Waals surface area contributed by atoms with Gasteiger partial charge in [0.05, 0.1) is 18.8 Å². The van der Waals surface area contributed by atoms with Gasteiger partial charge in [0.15, 0.2) is 0 Å². The number of hydrogen-bond donors (Lipinski definition) is 2. The molecule has 1 aromatic rings. The Morgan fingerprint density at radius 2 is 2.57 bits per heavy atom. The van der Waals surface area contributed by atoms with E-state index in [1.807, 2.05) is 6.20 Å². The molecule has 3 heterocycles. The van der Waals surface area contributed by atoms with Crippen molar-refractivity contribution in [3.05, 3.63) is 18.2 Å². The Hall–Kier alpha value is -0.870. The molecule has 0 radical (unpaired) electrons. The Morgan fingerprint density at radius 3 is 3.21 bits per heavy atom. The fourth-order valence-corrected chi connectivity index (χ4v) is 2.48. The molecule has 4 nitrogen and oxygen atoms in total. The average molecular weight is 193 g/mol. The molecule has 3 unspecified atom stereocenters. The monoisotopic (exact) mass is 193 g/mol. The highest BCUT2D eigenvalue weighted by Crippen LogP contribution is 2.34. The summed E-state index contributed by atoms with van der Waals surface area (Å²) in [5.74, 6) is 1.01. The van der Waals surface area contributed by atoms with Gasteiger partial charge in [0.1, 0.15) is 5.82 Å². The second-order valence-electron chi connectivity index (χ2n) is 4.13. The molecule has 0 aliphatic carbocycles. The lowest BCUT2D eigenvalue weighted by Gasteiger charge is -2.19. The maximum Gasteiger partial charge on any atom is 0.120 e. The van der Waals surface area contributed by atoms with E-state index < -0.39 is 0 Å². The van der Waals surface area contributed by atoms with E-state index in [4.69, 9.17) is 4.74 Å². The van der Waals surface area contributed by atoms with E-state index in [0.29, 0.717) is 18.2 Å². The van der Waals surface area contributed by atoms with Crippen LogP contribution in [-0.4, -0.2) is 28.2 Å². The van der Waals surface area contributed by atoms with Gasteiger partial charge in [-0.3, -0.25) is 0 Å². The number of aromatic nitrogens is 2. The molecule has 0 spiro atoms. The van der Waals surface area contributed by atoms with Crippen LogP contribution in [0.5, 0.6) is 0 Å². The van der Waals surface area contributed by atoms with Crippen LogP contribution < -0.4 is 5.32 Å². The molecule has 0 amide bonds. The van der Waals surface area contributed by atoms with E-state index in [-0.39, 0.29) is 0 Å². The lowest BCUT2D eigenvalue weighted by Crippen LogP contribution is -2.37. The lowest BCUT2D eigenvalue weighted by molar-refractivity contribution is 0.0972. The van der Waals surface area contributed by atoms with Crippen LogP contribution in [0.25, 0.3) is 0 Å². The molecule has 0 saturated carbocycles. The summed E-state index contributed by atoms with van der Waals surface area (Å²) >= 11 is 0. The summed E-state index contributed by atoms with van der Waals surface area (Å²) in [6.45, 7) is 0.824. The third-order valence-corrected chi connectivity index (χ3v) is 3.19. The Balaban J connectivity index is 1.54. The fraction of sp³-hybridized carbons (Fsp3) is 0.700. The normalized spacial score (nSPS) is 35.3. The van der Waals surface area contributed by atoms with Crippen molar-refractivity contribution in [2.24, 2.45) is 0 Å². The first-order chi connectivity index (χ1) is 6.92. The van der Waals surface area contributed by atoms with Crippen LogP contribution in [0, 0.1) is 0 Å². The van der Waals surface area contributed by atoms with Crippen LogP contribution in [-0.2, 0) is 11.3 Å². The first kappa shape index (κ1) is 8.44. The van der Waals surface area contributed by atoms with Crippen molar-refractivity contribution in [1.82, 2.24) is 15.3 Å². The van der Waals surface area contributed by atoms with Crippen molar-refractivity contribution in [3.63, 3.8) is 0 Å². The molecule has 2 aliphatic rings. The van der Waals surface area contributed by atoms with E-state index in [2.05, 4.69) is 15.3 Å². The van der Waals surface area contributed by atoms with Gasteiger partial charge < -0.3 is 15.0 Å². The molecule has 76 valence electrons. The molecule has 2 aliphatic heterocycles. The minimum atomic E-state index is 0.454. The smallest absolute Gasteiger partial charge is 0.120 e. The summed E-state index contributed by atoms with van der Waals surface area (Å²) < 4.78 is 5.76. The van der Waals surface area contributed by atoms with Crippen LogP contribution >= 0.6 is 0 Å². The molecule has 2 N–H and O–H groups in total. The number of rotatable bonds is 3. The second kappa shape index (κ2) is 3.37.